The maximum atomic E-state index is 14.6. The Morgan fingerprint density at radius 3 is 2.47 bits per heavy atom. The first-order valence-electron chi connectivity index (χ1n) is 10.8. The Morgan fingerprint density at radius 2 is 1.79 bits per heavy atom. The summed E-state index contributed by atoms with van der Waals surface area (Å²) in [4.78, 5) is 32.2. The third kappa shape index (κ3) is 6.18. The molecule has 0 saturated heterocycles. The number of Topliss-reactive ketones (excluding diaryl/α,β-unsaturated/α-hetero) is 1. The molecule has 1 saturated carbocycles. The minimum atomic E-state index is -2.99. The van der Waals surface area contributed by atoms with Crippen molar-refractivity contribution in [1.82, 2.24) is 9.97 Å². The minimum absolute atomic E-state index is 0.00330. The molecule has 2 aromatic carbocycles. The maximum Gasteiger partial charge on any atom is 0.270 e. The average Bonchev–Trinajstić information content (AvgIpc) is 3.61. The summed E-state index contributed by atoms with van der Waals surface area (Å²) >= 11 is 0. The molecule has 4 rings (SSSR count). The van der Waals surface area contributed by atoms with Crippen LogP contribution in [-0.4, -0.2) is 21.7 Å². The van der Waals surface area contributed by atoms with Gasteiger partial charge >= 0.3 is 0 Å². The Kier molecular flexibility index (Phi) is 6.63. The Hall–Kier alpha value is -3.75. The van der Waals surface area contributed by atoms with Gasteiger partial charge in [0.05, 0.1) is 0 Å². The monoisotopic (exact) mass is 469 g/mol. The number of benzene rings is 2. The van der Waals surface area contributed by atoms with Gasteiger partial charge in [0.1, 0.15) is 17.9 Å². The first-order chi connectivity index (χ1) is 16.2. The summed E-state index contributed by atoms with van der Waals surface area (Å²) < 4.78 is 47.1. The SMILES string of the molecule is CC(F)(F)c1cccc(CC(=O)Cc2ccc(Oc3cc(NC(=O)C4CC4)ncn3)c(F)c2)c1. The van der Waals surface area contributed by atoms with E-state index >= 15 is 0 Å². The number of nitrogens with one attached hydrogen (secondary N) is 1. The summed E-state index contributed by atoms with van der Waals surface area (Å²) in [6.45, 7) is 0.798. The number of amides is 1. The van der Waals surface area contributed by atoms with E-state index in [0.717, 1.165) is 19.8 Å². The largest absolute Gasteiger partial charge is 0.436 e. The van der Waals surface area contributed by atoms with Gasteiger partial charge in [0.25, 0.3) is 5.92 Å². The molecule has 1 N–H and O–H groups in total. The van der Waals surface area contributed by atoms with E-state index in [-0.39, 0.29) is 53.5 Å². The predicted molar refractivity (Wildman–Crippen MR) is 118 cm³/mol. The van der Waals surface area contributed by atoms with Gasteiger partial charge < -0.3 is 10.1 Å². The Balaban J connectivity index is 1.38. The average molecular weight is 469 g/mol. The number of rotatable bonds is 9. The smallest absolute Gasteiger partial charge is 0.270 e. The van der Waals surface area contributed by atoms with Crippen LogP contribution >= 0.6 is 0 Å². The van der Waals surface area contributed by atoms with E-state index in [9.17, 15) is 22.8 Å². The van der Waals surface area contributed by atoms with Crippen LogP contribution in [0.1, 0.15) is 36.5 Å². The van der Waals surface area contributed by atoms with Crippen molar-refractivity contribution in [3.05, 3.63) is 77.4 Å². The van der Waals surface area contributed by atoms with Crippen molar-refractivity contribution >= 4 is 17.5 Å². The zero-order valence-corrected chi connectivity index (χ0v) is 18.4. The quantitative estimate of drug-likeness (QED) is 0.465. The normalized spacial score (nSPS) is 13.4. The molecule has 1 aromatic heterocycles. The molecule has 0 atom stereocenters. The van der Waals surface area contributed by atoms with Crippen molar-refractivity contribution in [2.24, 2.45) is 5.92 Å². The van der Waals surface area contributed by atoms with E-state index < -0.39 is 11.7 Å². The summed E-state index contributed by atoms with van der Waals surface area (Å²) in [7, 11) is 0. The lowest BCUT2D eigenvalue weighted by Crippen LogP contribution is -2.14. The van der Waals surface area contributed by atoms with Crippen molar-refractivity contribution < 1.29 is 27.5 Å². The molecule has 3 aromatic rings. The molecule has 0 aliphatic heterocycles. The molecule has 1 amide bonds. The van der Waals surface area contributed by atoms with Crippen LogP contribution in [0.5, 0.6) is 11.6 Å². The minimum Gasteiger partial charge on any atom is -0.436 e. The molecule has 1 heterocycles. The summed E-state index contributed by atoms with van der Waals surface area (Å²) in [5.74, 6) is -3.84. The highest BCUT2D eigenvalue weighted by molar-refractivity contribution is 5.93. The van der Waals surface area contributed by atoms with Crippen molar-refractivity contribution in [2.45, 2.75) is 38.5 Å². The number of hydrogen-bond donors (Lipinski definition) is 1. The topological polar surface area (TPSA) is 81.2 Å². The van der Waals surface area contributed by atoms with Gasteiger partial charge in [-0.1, -0.05) is 24.3 Å². The third-order valence-corrected chi connectivity index (χ3v) is 5.29. The highest BCUT2D eigenvalue weighted by atomic mass is 19.3. The fraction of sp³-hybridized carbons (Fsp3) is 0.280. The molecule has 0 radical (unpaired) electrons. The van der Waals surface area contributed by atoms with E-state index in [0.29, 0.717) is 11.1 Å². The van der Waals surface area contributed by atoms with E-state index in [1.165, 1.54) is 42.7 Å². The van der Waals surface area contributed by atoms with Crippen molar-refractivity contribution in [3.63, 3.8) is 0 Å². The fourth-order valence-electron chi connectivity index (χ4n) is 3.36. The number of carbonyl (C=O) groups is 2. The molecule has 34 heavy (non-hydrogen) atoms. The van der Waals surface area contributed by atoms with Gasteiger partial charge in [-0.2, -0.15) is 0 Å². The molecule has 1 aliphatic carbocycles. The molecule has 0 spiro atoms. The van der Waals surface area contributed by atoms with Gasteiger partial charge in [0, 0.05) is 37.3 Å². The summed E-state index contributed by atoms with van der Waals surface area (Å²) in [6, 6.07) is 11.2. The van der Waals surface area contributed by atoms with Crippen LogP contribution in [-0.2, 0) is 28.4 Å². The van der Waals surface area contributed by atoms with Gasteiger partial charge in [0.15, 0.2) is 11.6 Å². The van der Waals surface area contributed by atoms with Gasteiger partial charge in [-0.15, -0.1) is 0 Å². The number of nitrogens with zero attached hydrogens (tertiary/aromatic N) is 2. The number of carbonyl (C=O) groups excluding carboxylic acids is 2. The number of alkyl halides is 2. The second-order valence-electron chi connectivity index (χ2n) is 8.35. The molecular weight excluding hydrogens is 447 g/mol. The van der Waals surface area contributed by atoms with Crippen LogP contribution in [0.3, 0.4) is 0 Å². The first kappa shape index (κ1) is 23.4. The Morgan fingerprint density at radius 1 is 1.06 bits per heavy atom. The zero-order valence-electron chi connectivity index (χ0n) is 18.4. The molecule has 176 valence electrons. The van der Waals surface area contributed by atoms with Crippen LogP contribution in [0.25, 0.3) is 0 Å². The summed E-state index contributed by atoms with van der Waals surface area (Å²) in [5, 5.41) is 2.66. The molecular formula is C25H22F3N3O3. The first-order valence-corrected chi connectivity index (χ1v) is 10.8. The highest BCUT2D eigenvalue weighted by Crippen LogP contribution is 2.31. The Labute approximate surface area is 194 Å². The van der Waals surface area contributed by atoms with Gasteiger partial charge in [0.2, 0.25) is 11.8 Å². The van der Waals surface area contributed by atoms with E-state index in [1.807, 2.05) is 0 Å². The van der Waals surface area contributed by atoms with Crippen LogP contribution in [0.4, 0.5) is 19.0 Å². The molecule has 9 heteroatoms. The van der Waals surface area contributed by atoms with Gasteiger partial charge in [-0.3, -0.25) is 9.59 Å². The summed E-state index contributed by atoms with van der Waals surface area (Å²) in [5.41, 5.74) is 0.732. The second kappa shape index (κ2) is 9.62. The fourth-order valence-corrected chi connectivity index (χ4v) is 3.36. The highest BCUT2D eigenvalue weighted by Gasteiger charge is 2.30. The van der Waals surface area contributed by atoms with Crippen LogP contribution in [0, 0.1) is 11.7 Å². The van der Waals surface area contributed by atoms with Crippen molar-refractivity contribution in [3.8, 4) is 11.6 Å². The number of aromatic nitrogens is 2. The van der Waals surface area contributed by atoms with Crippen LogP contribution < -0.4 is 10.1 Å². The number of anilines is 1. The Bertz CT molecular complexity index is 1220. The van der Waals surface area contributed by atoms with Crippen molar-refractivity contribution in [2.75, 3.05) is 5.32 Å². The number of halogens is 3. The van der Waals surface area contributed by atoms with Gasteiger partial charge in [-0.05, 0) is 42.2 Å². The molecule has 0 unspecified atom stereocenters. The molecule has 6 nitrogen and oxygen atoms in total. The lowest BCUT2D eigenvalue weighted by atomic mass is 9.99. The third-order valence-electron chi connectivity index (χ3n) is 5.29. The number of ether oxygens (including phenoxy) is 1. The standard InChI is InChI=1S/C25H22F3N3O3/c1-25(27,28)18-4-2-3-15(9-18)10-19(32)11-16-5-8-21(20(26)12-16)34-23-13-22(29-14-30-23)31-24(33)17-6-7-17/h2-5,8-9,12-14,17H,6-7,10-11H2,1H3,(H,29,30,31,33). The predicted octanol–water partition coefficient (Wildman–Crippen LogP) is 5.22. The van der Waals surface area contributed by atoms with Crippen molar-refractivity contribution in [1.29, 1.82) is 0 Å². The lowest BCUT2D eigenvalue weighted by Gasteiger charge is -2.12. The van der Waals surface area contributed by atoms with E-state index in [1.54, 1.807) is 12.1 Å². The molecule has 1 aliphatic rings. The van der Waals surface area contributed by atoms with Crippen LogP contribution in [0.2, 0.25) is 0 Å². The summed E-state index contributed by atoms with van der Waals surface area (Å²) in [6.07, 6.45) is 2.80. The molecule has 1 fully saturated rings. The van der Waals surface area contributed by atoms with E-state index in [2.05, 4.69) is 15.3 Å². The zero-order chi connectivity index (χ0) is 24.3. The second-order valence-corrected chi connectivity index (χ2v) is 8.35. The van der Waals surface area contributed by atoms with Crippen LogP contribution in [0.15, 0.2) is 54.9 Å². The molecule has 0 bridgehead atoms. The number of hydrogen-bond acceptors (Lipinski definition) is 5. The van der Waals surface area contributed by atoms with E-state index in [4.69, 9.17) is 4.74 Å². The number of ketones is 1. The lowest BCUT2D eigenvalue weighted by molar-refractivity contribution is -0.118. The van der Waals surface area contributed by atoms with Gasteiger partial charge in [-0.25, -0.2) is 23.1 Å². The maximum absolute atomic E-state index is 14.6.